The first-order valence-corrected chi connectivity index (χ1v) is 7.61. The van der Waals surface area contributed by atoms with Gasteiger partial charge in [-0.2, -0.15) is 0 Å². The van der Waals surface area contributed by atoms with Crippen LogP contribution in [0.2, 0.25) is 4.34 Å². The smallest absolute Gasteiger partial charge is 0.337 e. The number of thiophene rings is 1. The van der Waals surface area contributed by atoms with Gasteiger partial charge in [-0.15, -0.1) is 0 Å². The van der Waals surface area contributed by atoms with Crippen LogP contribution in [0.4, 0.5) is 0 Å². The molecule has 106 valence electrons. The molecule has 20 heavy (non-hydrogen) atoms. The SMILES string of the molecule is COC(=O)c1ccc(CNSOc2ccc(Cl)s2)cc1. The zero-order valence-corrected chi connectivity index (χ0v) is 13.0. The Balaban J connectivity index is 1.75. The van der Waals surface area contributed by atoms with Crippen molar-refractivity contribution in [1.29, 1.82) is 0 Å². The average Bonchev–Trinajstić information content (AvgIpc) is 2.89. The molecule has 0 radical (unpaired) electrons. The second kappa shape index (κ2) is 7.54. The summed E-state index contributed by atoms with van der Waals surface area (Å²) in [6.07, 6.45) is 0. The van der Waals surface area contributed by atoms with E-state index in [2.05, 4.69) is 9.46 Å². The number of esters is 1. The van der Waals surface area contributed by atoms with Crippen molar-refractivity contribution in [3.05, 3.63) is 51.9 Å². The van der Waals surface area contributed by atoms with Gasteiger partial charge in [-0.25, -0.2) is 9.52 Å². The molecule has 4 nitrogen and oxygen atoms in total. The first-order chi connectivity index (χ1) is 9.69. The van der Waals surface area contributed by atoms with Crippen molar-refractivity contribution < 1.29 is 13.7 Å². The van der Waals surface area contributed by atoms with Gasteiger partial charge in [0.15, 0.2) is 5.06 Å². The predicted octanol–water partition coefficient (Wildman–Crippen LogP) is 3.92. The van der Waals surface area contributed by atoms with Crippen molar-refractivity contribution in [3.8, 4) is 5.06 Å². The van der Waals surface area contributed by atoms with Crippen molar-refractivity contribution in [2.24, 2.45) is 0 Å². The van der Waals surface area contributed by atoms with Crippen molar-refractivity contribution in [2.75, 3.05) is 7.11 Å². The molecule has 2 aromatic rings. The van der Waals surface area contributed by atoms with Crippen LogP contribution >= 0.6 is 35.2 Å². The lowest BCUT2D eigenvalue weighted by molar-refractivity contribution is 0.0600. The number of hydrogen-bond acceptors (Lipinski definition) is 6. The van der Waals surface area contributed by atoms with Gasteiger partial charge in [-0.1, -0.05) is 35.1 Å². The van der Waals surface area contributed by atoms with Gasteiger partial charge < -0.3 is 8.92 Å². The Hall–Kier alpha value is -1.21. The molecule has 0 aliphatic heterocycles. The van der Waals surface area contributed by atoms with Crippen LogP contribution in [0.1, 0.15) is 15.9 Å². The Morgan fingerprint density at radius 3 is 2.65 bits per heavy atom. The molecule has 0 fully saturated rings. The quantitative estimate of drug-likeness (QED) is 0.377. The van der Waals surface area contributed by atoms with Gasteiger partial charge in [0.25, 0.3) is 0 Å². The predicted molar refractivity (Wildman–Crippen MR) is 82.2 cm³/mol. The van der Waals surface area contributed by atoms with E-state index in [0.717, 1.165) is 22.9 Å². The third-order valence-electron chi connectivity index (χ3n) is 2.38. The van der Waals surface area contributed by atoms with Gasteiger partial charge >= 0.3 is 5.97 Å². The summed E-state index contributed by atoms with van der Waals surface area (Å²) in [4.78, 5) is 11.3. The zero-order valence-electron chi connectivity index (χ0n) is 10.6. The molecule has 0 amide bonds. The molecule has 0 unspecified atom stereocenters. The zero-order chi connectivity index (χ0) is 14.4. The Morgan fingerprint density at radius 2 is 2.05 bits per heavy atom. The van der Waals surface area contributed by atoms with E-state index in [0.29, 0.717) is 16.4 Å². The third kappa shape index (κ3) is 4.42. The van der Waals surface area contributed by atoms with Crippen LogP contribution in [0.15, 0.2) is 36.4 Å². The molecule has 1 N–H and O–H groups in total. The highest BCUT2D eigenvalue weighted by Crippen LogP contribution is 2.30. The topological polar surface area (TPSA) is 47.6 Å². The maximum atomic E-state index is 11.3. The highest BCUT2D eigenvalue weighted by Gasteiger charge is 2.04. The molecule has 7 heteroatoms. The number of benzene rings is 1. The van der Waals surface area contributed by atoms with Gasteiger partial charge in [0.1, 0.15) is 12.2 Å². The Kier molecular flexibility index (Phi) is 5.72. The van der Waals surface area contributed by atoms with Crippen LogP contribution in [0.25, 0.3) is 0 Å². The summed E-state index contributed by atoms with van der Waals surface area (Å²) in [6.45, 7) is 0.616. The summed E-state index contributed by atoms with van der Waals surface area (Å²) in [7, 11) is 1.36. The molecule has 1 heterocycles. The molecule has 2 rings (SSSR count). The molecular formula is C13H12ClNO3S2. The molecule has 0 atom stereocenters. The van der Waals surface area contributed by atoms with E-state index in [1.54, 1.807) is 18.2 Å². The number of halogens is 1. The Morgan fingerprint density at radius 1 is 1.30 bits per heavy atom. The van der Waals surface area contributed by atoms with Crippen LogP contribution in [0.3, 0.4) is 0 Å². The number of nitrogens with one attached hydrogen (secondary N) is 1. The van der Waals surface area contributed by atoms with Gasteiger partial charge in [0, 0.05) is 6.54 Å². The average molecular weight is 330 g/mol. The summed E-state index contributed by atoms with van der Waals surface area (Å²) in [5.74, 6) is -0.336. The van der Waals surface area contributed by atoms with E-state index in [4.69, 9.17) is 15.8 Å². The highest BCUT2D eigenvalue weighted by molar-refractivity contribution is 7.93. The molecule has 0 saturated carbocycles. The van der Waals surface area contributed by atoms with E-state index in [1.165, 1.54) is 18.4 Å². The van der Waals surface area contributed by atoms with E-state index in [9.17, 15) is 4.79 Å². The standard InChI is InChI=1S/C13H12ClNO3S2/c1-17-13(16)10-4-2-9(3-5-10)8-15-20-18-12-7-6-11(14)19-12/h2-7,15H,8H2,1H3. The monoisotopic (exact) mass is 329 g/mol. The first-order valence-electron chi connectivity index (χ1n) is 5.68. The largest absolute Gasteiger partial charge is 0.465 e. The van der Waals surface area contributed by atoms with Gasteiger partial charge in [0.2, 0.25) is 0 Å². The van der Waals surface area contributed by atoms with Crippen LogP contribution in [-0.2, 0) is 11.3 Å². The maximum Gasteiger partial charge on any atom is 0.337 e. The number of methoxy groups -OCH3 is 1. The lowest BCUT2D eigenvalue weighted by Crippen LogP contribution is -2.06. The lowest BCUT2D eigenvalue weighted by Gasteiger charge is -2.04. The van der Waals surface area contributed by atoms with Crippen molar-refractivity contribution in [3.63, 3.8) is 0 Å². The fourth-order valence-electron chi connectivity index (χ4n) is 1.40. The molecule has 0 saturated heterocycles. The summed E-state index contributed by atoms with van der Waals surface area (Å²) >= 11 is 8.30. The van der Waals surface area contributed by atoms with Crippen LogP contribution in [0.5, 0.6) is 5.06 Å². The van der Waals surface area contributed by atoms with Crippen molar-refractivity contribution in [2.45, 2.75) is 6.54 Å². The molecule has 1 aromatic carbocycles. The van der Waals surface area contributed by atoms with E-state index in [-0.39, 0.29) is 5.97 Å². The minimum Gasteiger partial charge on any atom is -0.465 e. The van der Waals surface area contributed by atoms with Crippen LogP contribution in [-0.4, -0.2) is 13.1 Å². The number of rotatable bonds is 6. The maximum absolute atomic E-state index is 11.3. The number of hydrogen-bond donors (Lipinski definition) is 1. The van der Waals surface area contributed by atoms with Crippen molar-refractivity contribution in [1.82, 2.24) is 4.72 Å². The molecule has 1 aromatic heterocycles. The van der Waals surface area contributed by atoms with Gasteiger partial charge in [-0.3, -0.25) is 0 Å². The second-order valence-corrected chi connectivity index (χ2v) is 6.03. The molecule has 0 aliphatic carbocycles. The second-order valence-electron chi connectivity index (χ2n) is 3.73. The van der Waals surface area contributed by atoms with Gasteiger partial charge in [0.05, 0.1) is 17.0 Å². The third-order valence-corrected chi connectivity index (χ3v) is 4.12. The minimum atomic E-state index is -0.336. The highest BCUT2D eigenvalue weighted by atomic mass is 35.5. The summed E-state index contributed by atoms with van der Waals surface area (Å²) in [5.41, 5.74) is 1.58. The molecule has 0 bridgehead atoms. The molecule has 0 aliphatic rings. The van der Waals surface area contributed by atoms with Crippen LogP contribution < -0.4 is 8.91 Å². The van der Waals surface area contributed by atoms with E-state index < -0.39 is 0 Å². The van der Waals surface area contributed by atoms with Gasteiger partial charge in [-0.05, 0) is 29.8 Å². The summed E-state index contributed by atoms with van der Waals surface area (Å²) < 4.78 is 13.8. The number of ether oxygens (including phenoxy) is 1. The number of carbonyl (C=O) groups excluding carboxylic acids is 1. The summed E-state index contributed by atoms with van der Waals surface area (Å²) in [5, 5.41) is 0.744. The number of carbonyl (C=O) groups is 1. The molecule has 0 spiro atoms. The lowest BCUT2D eigenvalue weighted by atomic mass is 10.1. The Labute approximate surface area is 130 Å². The Bertz CT molecular complexity index is 571. The normalized spacial score (nSPS) is 10.3. The van der Waals surface area contributed by atoms with E-state index in [1.807, 2.05) is 18.2 Å². The van der Waals surface area contributed by atoms with E-state index >= 15 is 0 Å². The fraction of sp³-hybridized carbons (Fsp3) is 0.154. The van der Waals surface area contributed by atoms with Crippen molar-refractivity contribution >= 4 is 41.1 Å². The van der Waals surface area contributed by atoms with Crippen LogP contribution in [0, 0.1) is 0 Å². The molecular weight excluding hydrogens is 318 g/mol. The first kappa shape index (κ1) is 15.2. The summed E-state index contributed by atoms with van der Waals surface area (Å²) in [6, 6.07) is 10.8. The fourth-order valence-corrected chi connectivity index (χ4v) is 2.82. The minimum absolute atomic E-state index is 0.336.